The van der Waals surface area contributed by atoms with Crippen LogP contribution in [0, 0.1) is 5.92 Å². The Hall–Kier alpha value is -0.920. The predicted molar refractivity (Wildman–Crippen MR) is 70.2 cm³/mol. The van der Waals surface area contributed by atoms with Gasteiger partial charge in [0.2, 0.25) is 10.0 Å². The van der Waals surface area contributed by atoms with Crippen molar-refractivity contribution >= 4 is 27.3 Å². The van der Waals surface area contributed by atoms with Crippen molar-refractivity contribution in [1.29, 1.82) is 0 Å². The van der Waals surface area contributed by atoms with Gasteiger partial charge in [-0.3, -0.25) is 4.79 Å². The van der Waals surface area contributed by atoms with Gasteiger partial charge in [0.25, 0.3) is 0 Å². The lowest BCUT2D eigenvalue weighted by Crippen LogP contribution is -2.25. The number of carboxylic acids is 1. The van der Waals surface area contributed by atoms with E-state index in [2.05, 4.69) is 4.72 Å². The first-order valence-corrected chi connectivity index (χ1v) is 8.03. The Kier molecular flexibility index (Phi) is 5.77. The van der Waals surface area contributed by atoms with Crippen LogP contribution in [-0.2, 0) is 14.8 Å². The minimum absolute atomic E-state index is 0.124. The van der Waals surface area contributed by atoms with E-state index in [1.165, 1.54) is 11.3 Å². The van der Waals surface area contributed by atoms with Crippen LogP contribution in [0.2, 0.25) is 0 Å². The van der Waals surface area contributed by atoms with E-state index >= 15 is 0 Å². The summed E-state index contributed by atoms with van der Waals surface area (Å²) in [4.78, 5) is 10.4. The van der Waals surface area contributed by atoms with Crippen LogP contribution in [0.5, 0.6) is 0 Å². The van der Waals surface area contributed by atoms with Gasteiger partial charge in [-0.2, -0.15) is 0 Å². The second-order valence-electron chi connectivity index (χ2n) is 4.16. The average Bonchev–Trinajstić information content (AvgIpc) is 2.80. The predicted octanol–water partition coefficient (Wildman–Crippen LogP) is 1.92. The van der Waals surface area contributed by atoms with Gasteiger partial charge < -0.3 is 5.11 Å². The Morgan fingerprint density at radius 1 is 1.50 bits per heavy atom. The second kappa shape index (κ2) is 6.86. The SMILES string of the molecule is CC(CCNS(=O)(=O)c1cccs1)CCC(=O)O. The minimum Gasteiger partial charge on any atom is -0.481 e. The highest BCUT2D eigenvalue weighted by Gasteiger charge is 2.14. The van der Waals surface area contributed by atoms with E-state index in [0.29, 0.717) is 23.6 Å². The number of rotatable bonds is 8. The minimum atomic E-state index is -3.39. The van der Waals surface area contributed by atoms with E-state index in [1.807, 2.05) is 6.92 Å². The number of sulfonamides is 1. The van der Waals surface area contributed by atoms with Crippen molar-refractivity contribution in [2.24, 2.45) is 5.92 Å². The third-order valence-electron chi connectivity index (χ3n) is 2.54. The molecule has 7 heteroatoms. The highest BCUT2D eigenvalue weighted by atomic mass is 32.2. The van der Waals surface area contributed by atoms with E-state index in [4.69, 9.17) is 5.11 Å². The lowest BCUT2D eigenvalue weighted by molar-refractivity contribution is -0.137. The molecule has 0 aliphatic rings. The Morgan fingerprint density at radius 3 is 2.78 bits per heavy atom. The zero-order valence-corrected chi connectivity index (χ0v) is 11.8. The van der Waals surface area contributed by atoms with Crippen LogP contribution >= 0.6 is 11.3 Å². The monoisotopic (exact) mass is 291 g/mol. The molecule has 1 heterocycles. The summed E-state index contributed by atoms with van der Waals surface area (Å²) in [6.45, 7) is 2.25. The molecule has 1 aromatic heterocycles. The summed E-state index contributed by atoms with van der Waals surface area (Å²) in [7, 11) is -3.39. The van der Waals surface area contributed by atoms with Crippen molar-refractivity contribution in [3.8, 4) is 0 Å². The normalized spacial score (nSPS) is 13.4. The quantitative estimate of drug-likeness (QED) is 0.766. The summed E-state index contributed by atoms with van der Waals surface area (Å²) in [5.74, 6) is -0.631. The van der Waals surface area contributed by atoms with Gasteiger partial charge in [-0.05, 0) is 30.2 Å². The molecule has 0 radical (unpaired) electrons. The zero-order valence-electron chi connectivity index (χ0n) is 10.1. The highest BCUT2D eigenvalue weighted by Crippen LogP contribution is 2.16. The van der Waals surface area contributed by atoms with Crippen molar-refractivity contribution in [1.82, 2.24) is 4.72 Å². The Morgan fingerprint density at radius 2 is 2.22 bits per heavy atom. The van der Waals surface area contributed by atoms with Gasteiger partial charge in [0, 0.05) is 13.0 Å². The Balaban J connectivity index is 2.31. The fourth-order valence-corrected chi connectivity index (χ4v) is 3.53. The van der Waals surface area contributed by atoms with Gasteiger partial charge in [-0.15, -0.1) is 11.3 Å². The van der Waals surface area contributed by atoms with Gasteiger partial charge in [0.05, 0.1) is 0 Å². The maximum atomic E-state index is 11.7. The lowest BCUT2D eigenvalue weighted by Gasteiger charge is -2.10. The number of carbonyl (C=O) groups is 1. The molecule has 18 heavy (non-hydrogen) atoms. The Labute approximate surface area is 111 Å². The van der Waals surface area contributed by atoms with E-state index in [0.717, 1.165) is 0 Å². The van der Waals surface area contributed by atoms with Gasteiger partial charge in [0.1, 0.15) is 4.21 Å². The van der Waals surface area contributed by atoms with Crippen LogP contribution < -0.4 is 4.72 Å². The smallest absolute Gasteiger partial charge is 0.303 e. The molecule has 0 aliphatic heterocycles. The first-order chi connectivity index (χ1) is 8.42. The maximum Gasteiger partial charge on any atom is 0.303 e. The zero-order chi connectivity index (χ0) is 13.6. The molecule has 0 amide bonds. The van der Waals surface area contributed by atoms with Gasteiger partial charge in [-0.1, -0.05) is 13.0 Å². The van der Waals surface area contributed by atoms with Gasteiger partial charge in [-0.25, -0.2) is 13.1 Å². The van der Waals surface area contributed by atoms with Crippen LogP contribution in [0.3, 0.4) is 0 Å². The summed E-state index contributed by atoms with van der Waals surface area (Å²) >= 11 is 1.17. The summed E-state index contributed by atoms with van der Waals surface area (Å²) in [5.41, 5.74) is 0. The molecule has 0 spiro atoms. The Bertz CT molecular complexity index is 467. The van der Waals surface area contributed by atoms with Crippen LogP contribution in [0.1, 0.15) is 26.2 Å². The molecule has 0 bridgehead atoms. The molecule has 0 fully saturated rings. The van der Waals surface area contributed by atoms with Crippen molar-refractivity contribution < 1.29 is 18.3 Å². The third-order valence-corrected chi connectivity index (χ3v) is 5.40. The second-order valence-corrected chi connectivity index (χ2v) is 7.10. The van der Waals surface area contributed by atoms with E-state index in [1.54, 1.807) is 17.5 Å². The molecule has 0 saturated carbocycles. The van der Waals surface area contributed by atoms with Crippen molar-refractivity contribution in [2.45, 2.75) is 30.4 Å². The fraction of sp³-hybridized carbons (Fsp3) is 0.545. The molecule has 1 unspecified atom stereocenters. The average molecular weight is 291 g/mol. The molecule has 1 atom stereocenters. The molecule has 5 nitrogen and oxygen atoms in total. The number of carboxylic acid groups (broad SMARTS) is 1. The summed E-state index contributed by atoms with van der Waals surface area (Å²) < 4.78 is 26.3. The number of hydrogen-bond acceptors (Lipinski definition) is 4. The van der Waals surface area contributed by atoms with Crippen molar-refractivity contribution in [3.63, 3.8) is 0 Å². The maximum absolute atomic E-state index is 11.7. The molecule has 0 aliphatic carbocycles. The molecule has 0 saturated heterocycles. The van der Waals surface area contributed by atoms with Crippen LogP contribution in [0.25, 0.3) is 0 Å². The molecule has 1 rings (SSSR count). The topological polar surface area (TPSA) is 83.5 Å². The van der Waals surface area contributed by atoms with E-state index in [9.17, 15) is 13.2 Å². The number of hydrogen-bond donors (Lipinski definition) is 2. The first-order valence-electron chi connectivity index (χ1n) is 5.67. The third kappa shape index (κ3) is 5.16. The summed E-state index contributed by atoms with van der Waals surface area (Å²) in [6.07, 6.45) is 1.33. The number of thiophene rings is 1. The van der Waals surface area contributed by atoms with Crippen LogP contribution in [0.15, 0.2) is 21.7 Å². The van der Waals surface area contributed by atoms with E-state index < -0.39 is 16.0 Å². The summed E-state index contributed by atoms with van der Waals surface area (Å²) in [5, 5.41) is 10.2. The number of aliphatic carboxylic acids is 1. The number of nitrogens with one attached hydrogen (secondary N) is 1. The molecule has 102 valence electrons. The van der Waals surface area contributed by atoms with E-state index in [-0.39, 0.29) is 12.3 Å². The van der Waals surface area contributed by atoms with Gasteiger partial charge in [0.15, 0.2) is 0 Å². The largest absolute Gasteiger partial charge is 0.481 e. The van der Waals surface area contributed by atoms with Crippen molar-refractivity contribution in [3.05, 3.63) is 17.5 Å². The molecule has 0 aromatic carbocycles. The van der Waals surface area contributed by atoms with Gasteiger partial charge >= 0.3 is 5.97 Å². The standard InChI is InChI=1S/C11H17NO4S2/c1-9(4-5-10(13)14)6-7-12-18(15,16)11-3-2-8-17-11/h2-3,8-9,12H,4-7H2,1H3,(H,13,14). The fourth-order valence-electron chi connectivity index (χ4n) is 1.44. The highest BCUT2D eigenvalue weighted by molar-refractivity contribution is 7.91. The first kappa shape index (κ1) is 15.1. The van der Waals surface area contributed by atoms with Crippen LogP contribution in [-0.4, -0.2) is 26.0 Å². The van der Waals surface area contributed by atoms with Crippen molar-refractivity contribution in [2.75, 3.05) is 6.54 Å². The molecular formula is C11H17NO4S2. The molecule has 1 aromatic rings. The lowest BCUT2D eigenvalue weighted by atomic mass is 10.0. The summed E-state index contributed by atoms with van der Waals surface area (Å²) in [6, 6.07) is 3.25. The molecule has 2 N–H and O–H groups in total. The molecular weight excluding hydrogens is 274 g/mol. The van der Waals surface area contributed by atoms with Crippen LogP contribution in [0.4, 0.5) is 0 Å².